The van der Waals surface area contributed by atoms with Crippen LogP contribution in [0.15, 0.2) is 25.3 Å². The predicted octanol–water partition coefficient (Wildman–Crippen LogP) is 1.75. The summed E-state index contributed by atoms with van der Waals surface area (Å²) in [4.78, 5) is 0. The number of hydrogen-bond acceptors (Lipinski definition) is 2. The molecule has 2 unspecified atom stereocenters. The number of rotatable bonds is 8. The van der Waals surface area contributed by atoms with Crippen LogP contribution in [0.3, 0.4) is 0 Å². The minimum Gasteiger partial charge on any atom is -0.396 e. The quantitative estimate of drug-likeness (QED) is 0.564. The van der Waals surface area contributed by atoms with E-state index in [-0.39, 0.29) is 25.0 Å². The molecule has 2 N–H and O–H groups in total. The van der Waals surface area contributed by atoms with Crippen molar-refractivity contribution in [2.45, 2.75) is 19.3 Å². The fourth-order valence-electron chi connectivity index (χ4n) is 1.43. The van der Waals surface area contributed by atoms with Crippen molar-refractivity contribution < 1.29 is 10.2 Å². The topological polar surface area (TPSA) is 40.5 Å². The molecule has 0 saturated carbocycles. The second-order valence-electron chi connectivity index (χ2n) is 3.38. The SMILES string of the molecule is C=CCC(CO)CC(CO)CC=C. The van der Waals surface area contributed by atoms with Gasteiger partial charge < -0.3 is 10.2 Å². The monoisotopic (exact) mass is 184 g/mol. The zero-order valence-corrected chi connectivity index (χ0v) is 8.15. The molecule has 0 saturated heterocycles. The molecule has 2 atom stereocenters. The number of aliphatic hydroxyl groups excluding tert-OH is 2. The van der Waals surface area contributed by atoms with Gasteiger partial charge in [-0.15, -0.1) is 13.2 Å². The van der Waals surface area contributed by atoms with Crippen LogP contribution >= 0.6 is 0 Å². The van der Waals surface area contributed by atoms with E-state index >= 15 is 0 Å². The lowest BCUT2D eigenvalue weighted by Gasteiger charge is -2.18. The maximum atomic E-state index is 9.01. The van der Waals surface area contributed by atoms with Gasteiger partial charge in [0, 0.05) is 13.2 Å². The van der Waals surface area contributed by atoms with Crippen LogP contribution in [0, 0.1) is 11.8 Å². The highest BCUT2D eigenvalue weighted by atomic mass is 16.3. The summed E-state index contributed by atoms with van der Waals surface area (Å²) in [5, 5.41) is 18.0. The second kappa shape index (κ2) is 8.02. The zero-order chi connectivity index (χ0) is 10.1. The van der Waals surface area contributed by atoms with Gasteiger partial charge in [0.2, 0.25) is 0 Å². The Morgan fingerprint density at radius 1 is 0.923 bits per heavy atom. The van der Waals surface area contributed by atoms with Gasteiger partial charge in [-0.25, -0.2) is 0 Å². The highest BCUT2D eigenvalue weighted by Gasteiger charge is 2.12. The van der Waals surface area contributed by atoms with Gasteiger partial charge in [0.05, 0.1) is 0 Å². The number of aliphatic hydroxyl groups is 2. The molecule has 0 amide bonds. The van der Waals surface area contributed by atoms with E-state index in [1.807, 2.05) is 12.2 Å². The van der Waals surface area contributed by atoms with Crippen LogP contribution in [0.5, 0.6) is 0 Å². The first kappa shape index (κ1) is 12.4. The van der Waals surface area contributed by atoms with Crippen LogP contribution in [0.1, 0.15) is 19.3 Å². The summed E-state index contributed by atoms with van der Waals surface area (Å²) in [6.45, 7) is 7.60. The molecule has 2 nitrogen and oxygen atoms in total. The molecule has 0 heterocycles. The number of hydrogen-bond donors (Lipinski definition) is 2. The summed E-state index contributed by atoms with van der Waals surface area (Å²) < 4.78 is 0. The molecule has 76 valence electrons. The van der Waals surface area contributed by atoms with E-state index in [1.54, 1.807) is 0 Å². The normalized spacial score (nSPS) is 14.9. The Morgan fingerprint density at radius 2 is 1.31 bits per heavy atom. The van der Waals surface area contributed by atoms with Crippen LogP contribution in [-0.4, -0.2) is 23.4 Å². The van der Waals surface area contributed by atoms with Crippen molar-refractivity contribution in [1.29, 1.82) is 0 Å². The molecule has 0 aliphatic carbocycles. The molecule has 0 aromatic rings. The van der Waals surface area contributed by atoms with Gasteiger partial charge in [-0.2, -0.15) is 0 Å². The summed E-state index contributed by atoms with van der Waals surface area (Å²) in [7, 11) is 0. The molecular formula is C11H20O2. The fourth-order valence-corrected chi connectivity index (χ4v) is 1.43. The fraction of sp³-hybridized carbons (Fsp3) is 0.636. The van der Waals surface area contributed by atoms with E-state index in [9.17, 15) is 0 Å². The van der Waals surface area contributed by atoms with E-state index in [0.717, 1.165) is 19.3 Å². The maximum absolute atomic E-state index is 9.01. The van der Waals surface area contributed by atoms with Gasteiger partial charge >= 0.3 is 0 Å². The van der Waals surface area contributed by atoms with Gasteiger partial charge in [-0.3, -0.25) is 0 Å². The van der Waals surface area contributed by atoms with Crippen LogP contribution in [0.4, 0.5) is 0 Å². The lowest BCUT2D eigenvalue weighted by atomic mass is 9.91. The van der Waals surface area contributed by atoms with Crippen molar-refractivity contribution in [2.75, 3.05) is 13.2 Å². The van der Waals surface area contributed by atoms with Crippen molar-refractivity contribution in [2.24, 2.45) is 11.8 Å². The lowest BCUT2D eigenvalue weighted by molar-refractivity contribution is 0.162. The van der Waals surface area contributed by atoms with Gasteiger partial charge in [-0.05, 0) is 31.1 Å². The molecule has 0 aliphatic heterocycles. The minimum atomic E-state index is 0.166. The molecule has 0 bridgehead atoms. The van der Waals surface area contributed by atoms with E-state index in [0.29, 0.717) is 0 Å². The third kappa shape index (κ3) is 5.61. The van der Waals surface area contributed by atoms with Crippen LogP contribution in [0.25, 0.3) is 0 Å². The maximum Gasteiger partial charge on any atom is 0.0462 e. The molecular weight excluding hydrogens is 164 g/mol. The molecule has 0 radical (unpaired) electrons. The second-order valence-corrected chi connectivity index (χ2v) is 3.38. The minimum absolute atomic E-state index is 0.166. The van der Waals surface area contributed by atoms with Crippen LogP contribution in [-0.2, 0) is 0 Å². The van der Waals surface area contributed by atoms with Crippen LogP contribution < -0.4 is 0 Å². The highest BCUT2D eigenvalue weighted by molar-refractivity contribution is 4.78. The Balaban J connectivity index is 3.85. The van der Waals surface area contributed by atoms with Crippen molar-refractivity contribution in [3.05, 3.63) is 25.3 Å². The first-order valence-electron chi connectivity index (χ1n) is 4.71. The average Bonchev–Trinajstić information content (AvgIpc) is 2.16. The first-order chi connectivity index (χ1) is 6.28. The first-order valence-corrected chi connectivity index (χ1v) is 4.71. The van der Waals surface area contributed by atoms with E-state index in [1.165, 1.54) is 0 Å². The Bertz CT molecular complexity index is 127. The smallest absolute Gasteiger partial charge is 0.0462 e. The van der Waals surface area contributed by atoms with Gasteiger partial charge in [0.25, 0.3) is 0 Å². The van der Waals surface area contributed by atoms with Gasteiger partial charge in [0.15, 0.2) is 0 Å². The van der Waals surface area contributed by atoms with E-state index in [4.69, 9.17) is 10.2 Å². The third-order valence-electron chi connectivity index (χ3n) is 2.18. The molecule has 0 aliphatic rings. The highest BCUT2D eigenvalue weighted by Crippen LogP contribution is 2.18. The molecule has 0 aromatic carbocycles. The lowest BCUT2D eigenvalue weighted by Crippen LogP contribution is -2.14. The van der Waals surface area contributed by atoms with Gasteiger partial charge in [0.1, 0.15) is 0 Å². The summed E-state index contributed by atoms with van der Waals surface area (Å²) in [6, 6.07) is 0. The summed E-state index contributed by atoms with van der Waals surface area (Å²) in [5.74, 6) is 0.462. The Kier molecular flexibility index (Phi) is 7.65. The van der Waals surface area contributed by atoms with Crippen molar-refractivity contribution in [3.8, 4) is 0 Å². The molecule has 0 spiro atoms. The number of allylic oxidation sites excluding steroid dienone is 2. The van der Waals surface area contributed by atoms with Crippen molar-refractivity contribution in [1.82, 2.24) is 0 Å². The van der Waals surface area contributed by atoms with E-state index in [2.05, 4.69) is 13.2 Å². The Hall–Kier alpha value is -0.600. The Labute approximate surface area is 80.6 Å². The summed E-state index contributed by atoms with van der Waals surface area (Å²) in [5.41, 5.74) is 0. The van der Waals surface area contributed by atoms with Crippen molar-refractivity contribution >= 4 is 0 Å². The standard InChI is InChI=1S/C11H20O2/c1-3-5-10(8-12)7-11(9-13)6-4-2/h3-4,10-13H,1-2,5-9H2. The summed E-state index contributed by atoms with van der Waals surface area (Å²) in [6.07, 6.45) is 6.08. The largest absolute Gasteiger partial charge is 0.396 e. The third-order valence-corrected chi connectivity index (χ3v) is 2.18. The predicted molar refractivity (Wildman–Crippen MR) is 55.4 cm³/mol. The summed E-state index contributed by atoms with van der Waals surface area (Å²) >= 11 is 0. The molecule has 0 fully saturated rings. The molecule has 0 rings (SSSR count). The van der Waals surface area contributed by atoms with Crippen LogP contribution in [0.2, 0.25) is 0 Å². The van der Waals surface area contributed by atoms with Gasteiger partial charge in [-0.1, -0.05) is 12.2 Å². The average molecular weight is 184 g/mol. The Morgan fingerprint density at radius 3 is 1.54 bits per heavy atom. The molecule has 13 heavy (non-hydrogen) atoms. The molecule has 0 aromatic heterocycles. The van der Waals surface area contributed by atoms with E-state index < -0.39 is 0 Å². The molecule has 2 heteroatoms. The zero-order valence-electron chi connectivity index (χ0n) is 8.15. The van der Waals surface area contributed by atoms with Crippen molar-refractivity contribution in [3.63, 3.8) is 0 Å².